The van der Waals surface area contributed by atoms with E-state index in [0.717, 1.165) is 5.56 Å². The third-order valence-electron chi connectivity index (χ3n) is 3.56. The van der Waals surface area contributed by atoms with Gasteiger partial charge in [-0.2, -0.15) is 0 Å². The molecule has 0 unspecified atom stereocenters. The van der Waals surface area contributed by atoms with Gasteiger partial charge in [0.2, 0.25) is 11.6 Å². The molecule has 3 aromatic rings. The predicted molar refractivity (Wildman–Crippen MR) is 97.6 cm³/mol. The highest BCUT2D eigenvalue weighted by Gasteiger charge is 2.23. The SMILES string of the molecule is Cc1ccnc(Nc2ncnc(Nc3ccc(C(=O)O)cc3)c2[N+](=O)[O-])c1. The Morgan fingerprint density at radius 3 is 2.33 bits per heavy atom. The second-order valence-corrected chi connectivity index (χ2v) is 5.53. The van der Waals surface area contributed by atoms with Crippen molar-refractivity contribution in [2.45, 2.75) is 6.92 Å². The highest BCUT2D eigenvalue weighted by Crippen LogP contribution is 2.32. The number of pyridine rings is 1. The maximum absolute atomic E-state index is 11.6. The molecule has 0 amide bonds. The molecule has 0 bridgehead atoms. The first-order valence-electron chi connectivity index (χ1n) is 7.73. The van der Waals surface area contributed by atoms with Crippen LogP contribution in [-0.2, 0) is 0 Å². The number of carbonyl (C=O) groups is 1. The van der Waals surface area contributed by atoms with Gasteiger partial charge in [0.25, 0.3) is 0 Å². The lowest BCUT2D eigenvalue weighted by atomic mass is 10.2. The zero-order valence-electron chi connectivity index (χ0n) is 14.1. The van der Waals surface area contributed by atoms with Gasteiger partial charge in [-0.3, -0.25) is 10.1 Å². The van der Waals surface area contributed by atoms with Crippen LogP contribution < -0.4 is 10.6 Å². The van der Waals surface area contributed by atoms with Crippen LogP contribution in [0.15, 0.2) is 48.9 Å². The number of carboxylic acid groups (broad SMARTS) is 1. The van der Waals surface area contributed by atoms with E-state index in [1.165, 1.54) is 30.6 Å². The topological polar surface area (TPSA) is 143 Å². The number of hydrogen-bond acceptors (Lipinski definition) is 8. The average Bonchev–Trinajstić information content (AvgIpc) is 2.62. The van der Waals surface area contributed by atoms with Gasteiger partial charge in [0, 0.05) is 11.9 Å². The monoisotopic (exact) mass is 366 g/mol. The zero-order valence-corrected chi connectivity index (χ0v) is 14.1. The number of nitrogens with one attached hydrogen (secondary N) is 2. The highest BCUT2D eigenvalue weighted by atomic mass is 16.6. The molecule has 2 aromatic heterocycles. The van der Waals surface area contributed by atoms with Gasteiger partial charge < -0.3 is 15.7 Å². The van der Waals surface area contributed by atoms with Crippen LogP contribution in [-0.4, -0.2) is 31.0 Å². The molecule has 10 heteroatoms. The van der Waals surface area contributed by atoms with Crippen molar-refractivity contribution in [2.24, 2.45) is 0 Å². The van der Waals surface area contributed by atoms with Crippen LogP contribution in [0.3, 0.4) is 0 Å². The maximum atomic E-state index is 11.6. The van der Waals surface area contributed by atoms with Crippen molar-refractivity contribution in [1.29, 1.82) is 0 Å². The number of carboxylic acids is 1. The van der Waals surface area contributed by atoms with Crippen molar-refractivity contribution in [3.63, 3.8) is 0 Å². The second-order valence-electron chi connectivity index (χ2n) is 5.53. The molecule has 0 atom stereocenters. The largest absolute Gasteiger partial charge is 0.478 e. The Kier molecular flexibility index (Phi) is 4.88. The van der Waals surface area contributed by atoms with Gasteiger partial charge in [-0.1, -0.05) is 0 Å². The van der Waals surface area contributed by atoms with Gasteiger partial charge in [-0.15, -0.1) is 0 Å². The smallest absolute Gasteiger partial charge is 0.353 e. The molecule has 0 fully saturated rings. The molecule has 0 saturated heterocycles. The van der Waals surface area contributed by atoms with Gasteiger partial charge in [-0.25, -0.2) is 19.7 Å². The van der Waals surface area contributed by atoms with Crippen LogP contribution in [0, 0.1) is 17.0 Å². The Morgan fingerprint density at radius 2 is 1.74 bits per heavy atom. The van der Waals surface area contributed by atoms with Crippen LogP contribution in [0.5, 0.6) is 0 Å². The van der Waals surface area contributed by atoms with Crippen molar-refractivity contribution >= 4 is 34.8 Å². The average molecular weight is 366 g/mol. The minimum atomic E-state index is -1.06. The molecule has 0 radical (unpaired) electrons. The minimum absolute atomic E-state index is 0.0160. The fraction of sp³-hybridized carbons (Fsp3) is 0.0588. The highest BCUT2D eigenvalue weighted by molar-refractivity contribution is 5.88. The van der Waals surface area contributed by atoms with Crippen LogP contribution in [0.2, 0.25) is 0 Å². The van der Waals surface area contributed by atoms with Gasteiger partial charge in [0.1, 0.15) is 12.1 Å². The second kappa shape index (κ2) is 7.44. The Morgan fingerprint density at radius 1 is 1.07 bits per heavy atom. The third-order valence-corrected chi connectivity index (χ3v) is 3.56. The number of rotatable bonds is 6. The molecule has 0 spiro atoms. The molecule has 1 aromatic carbocycles. The van der Waals surface area contributed by atoms with E-state index in [4.69, 9.17) is 5.11 Å². The van der Waals surface area contributed by atoms with Crippen molar-refractivity contribution < 1.29 is 14.8 Å². The summed E-state index contributed by atoms with van der Waals surface area (Å²) in [5.41, 5.74) is 1.12. The molecule has 3 rings (SSSR count). The Hall–Kier alpha value is -4.08. The first kappa shape index (κ1) is 17.7. The Balaban J connectivity index is 1.93. The predicted octanol–water partition coefficient (Wildman–Crippen LogP) is 3.27. The number of anilines is 4. The molecule has 136 valence electrons. The first-order chi connectivity index (χ1) is 12.9. The van der Waals surface area contributed by atoms with Crippen molar-refractivity contribution in [2.75, 3.05) is 10.6 Å². The van der Waals surface area contributed by atoms with E-state index in [1.807, 2.05) is 6.92 Å². The third kappa shape index (κ3) is 4.12. The van der Waals surface area contributed by atoms with Gasteiger partial charge in [-0.05, 0) is 48.9 Å². The summed E-state index contributed by atoms with van der Waals surface area (Å²) in [7, 11) is 0. The van der Waals surface area contributed by atoms with Gasteiger partial charge in [0.15, 0.2) is 0 Å². The summed E-state index contributed by atoms with van der Waals surface area (Å²) in [6.45, 7) is 1.87. The lowest BCUT2D eigenvalue weighted by molar-refractivity contribution is -0.383. The molecule has 0 aliphatic carbocycles. The fourth-order valence-corrected chi connectivity index (χ4v) is 2.29. The van der Waals surface area contributed by atoms with E-state index in [0.29, 0.717) is 11.5 Å². The van der Waals surface area contributed by atoms with Crippen molar-refractivity contribution in [3.8, 4) is 0 Å². The summed E-state index contributed by atoms with van der Waals surface area (Å²) in [6.07, 6.45) is 2.76. The molecular formula is C17H14N6O4. The lowest BCUT2D eigenvalue weighted by Crippen LogP contribution is -2.06. The quantitative estimate of drug-likeness (QED) is 0.442. The Labute approximate surface area is 153 Å². The van der Waals surface area contributed by atoms with E-state index in [-0.39, 0.29) is 22.9 Å². The van der Waals surface area contributed by atoms with Crippen LogP contribution in [0.25, 0.3) is 0 Å². The fourth-order valence-electron chi connectivity index (χ4n) is 2.29. The van der Waals surface area contributed by atoms with Crippen LogP contribution >= 0.6 is 0 Å². The molecule has 10 nitrogen and oxygen atoms in total. The minimum Gasteiger partial charge on any atom is -0.478 e. The molecule has 3 N–H and O–H groups in total. The summed E-state index contributed by atoms with van der Waals surface area (Å²) in [6, 6.07) is 9.27. The van der Waals surface area contributed by atoms with E-state index in [2.05, 4.69) is 25.6 Å². The lowest BCUT2D eigenvalue weighted by Gasteiger charge is -2.10. The molecular weight excluding hydrogens is 352 g/mol. The molecule has 0 aliphatic heterocycles. The number of aromatic carboxylic acids is 1. The molecule has 27 heavy (non-hydrogen) atoms. The number of aromatic nitrogens is 3. The van der Waals surface area contributed by atoms with Crippen molar-refractivity contribution in [3.05, 3.63) is 70.2 Å². The summed E-state index contributed by atoms with van der Waals surface area (Å²) in [5, 5.41) is 26.1. The number of aryl methyl sites for hydroxylation is 1. The van der Waals surface area contributed by atoms with Crippen molar-refractivity contribution in [1.82, 2.24) is 15.0 Å². The Bertz CT molecular complexity index is 1010. The van der Waals surface area contributed by atoms with E-state index >= 15 is 0 Å². The number of nitrogens with zero attached hydrogens (tertiary/aromatic N) is 4. The number of nitro groups is 1. The maximum Gasteiger partial charge on any atom is 0.353 e. The van der Waals surface area contributed by atoms with E-state index in [1.54, 1.807) is 18.3 Å². The molecule has 0 saturated carbocycles. The summed E-state index contributed by atoms with van der Waals surface area (Å²) in [5.74, 6) is -0.703. The zero-order chi connectivity index (χ0) is 19.4. The first-order valence-corrected chi connectivity index (χ1v) is 7.73. The van der Waals surface area contributed by atoms with Gasteiger partial charge in [0.05, 0.1) is 10.5 Å². The summed E-state index contributed by atoms with van der Waals surface area (Å²) < 4.78 is 0. The van der Waals surface area contributed by atoms with E-state index in [9.17, 15) is 14.9 Å². The number of hydrogen-bond donors (Lipinski definition) is 3. The summed E-state index contributed by atoms with van der Waals surface area (Å²) in [4.78, 5) is 33.9. The molecule has 2 heterocycles. The standard InChI is InChI=1S/C17H14N6O4/c1-10-6-7-18-13(8-10)22-16-14(23(26)27)15(19-9-20-16)21-12-4-2-11(3-5-12)17(24)25/h2-9H,1H3,(H,24,25)(H2,18,19,20,21,22). The normalized spacial score (nSPS) is 10.3. The van der Waals surface area contributed by atoms with Gasteiger partial charge >= 0.3 is 11.7 Å². The molecule has 0 aliphatic rings. The summed E-state index contributed by atoms with van der Waals surface area (Å²) >= 11 is 0. The van der Waals surface area contributed by atoms with Crippen LogP contribution in [0.1, 0.15) is 15.9 Å². The van der Waals surface area contributed by atoms with E-state index < -0.39 is 10.9 Å². The number of benzene rings is 1. The van der Waals surface area contributed by atoms with Crippen LogP contribution in [0.4, 0.5) is 28.8 Å².